The normalized spacial score (nSPS) is 11.8. The van der Waals surface area contributed by atoms with Gasteiger partial charge in [-0.1, -0.05) is 0 Å². The van der Waals surface area contributed by atoms with E-state index >= 15 is 0 Å². The summed E-state index contributed by atoms with van der Waals surface area (Å²) in [5.41, 5.74) is -2.14. The number of rotatable bonds is 3. The van der Waals surface area contributed by atoms with Gasteiger partial charge >= 0.3 is 5.97 Å². The third-order valence-corrected chi connectivity index (χ3v) is 2.46. The Morgan fingerprint density at radius 1 is 1.21 bits per heavy atom. The zero-order chi connectivity index (χ0) is 14.7. The maximum Gasteiger partial charge on any atom is 0.328 e. The van der Waals surface area contributed by atoms with Crippen LogP contribution >= 0.6 is 0 Å². The molecule has 1 unspecified atom stereocenters. The summed E-state index contributed by atoms with van der Waals surface area (Å²) in [6.45, 7) is 2.11. The van der Waals surface area contributed by atoms with Gasteiger partial charge in [0.25, 0.3) is 0 Å². The second kappa shape index (κ2) is 5.69. The molecule has 0 aliphatic heterocycles. The molecule has 0 spiro atoms. The summed E-state index contributed by atoms with van der Waals surface area (Å²) in [6.07, 6.45) is 0. The highest BCUT2D eigenvalue weighted by molar-refractivity contribution is 5.81. The fourth-order valence-corrected chi connectivity index (χ4v) is 1.47. The van der Waals surface area contributed by atoms with E-state index in [-0.39, 0.29) is 6.61 Å². The average molecular weight is 275 g/mol. The number of halogens is 4. The van der Waals surface area contributed by atoms with Crippen LogP contribution in [0.15, 0.2) is 0 Å². The summed E-state index contributed by atoms with van der Waals surface area (Å²) in [6, 6.07) is 1.27. The number of hydrogen-bond acceptors (Lipinski definition) is 3. The molecule has 1 atom stereocenters. The molecule has 0 bridgehead atoms. The number of nitriles is 1. The van der Waals surface area contributed by atoms with Gasteiger partial charge in [-0.15, -0.1) is 0 Å². The first-order valence-corrected chi connectivity index (χ1v) is 5.25. The van der Waals surface area contributed by atoms with Crippen LogP contribution in [0, 0.1) is 41.5 Å². The van der Waals surface area contributed by atoms with Crippen molar-refractivity contribution in [3.63, 3.8) is 0 Å². The fraction of sp³-hybridized carbons (Fsp3) is 0.333. The summed E-state index contributed by atoms with van der Waals surface area (Å²) in [4.78, 5) is 11.4. The number of carbonyl (C=O) groups excluding carboxylic acids is 1. The highest BCUT2D eigenvalue weighted by atomic mass is 19.2. The third-order valence-electron chi connectivity index (χ3n) is 2.46. The summed E-state index contributed by atoms with van der Waals surface area (Å²) in [5.74, 6) is -10.2. The Balaban J connectivity index is 3.50. The van der Waals surface area contributed by atoms with Gasteiger partial charge in [0, 0.05) is 5.56 Å². The number of hydrogen-bond donors (Lipinski definition) is 0. The van der Waals surface area contributed by atoms with Crippen molar-refractivity contribution in [2.75, 3.05) is 6.61 Å². The molecule has 0 amide bonds. The predicted molar refractivity (Wildman–Crippen MR) is 56.0 cm³/mol. The van der Waals surface area contributed by atoms with Gasteiger partial charge in [-0.3, -0.25) is 4.79 Å². The van der Waals surface area contributed by atoms with Crippen LogP contribution in [0.1, 0.15) is 24.0 Å². The Morgan fingerprint density at radius 2 is 1.68 bits per heavy atom. The Kier molecular flexibility index (Phi) is 4.48. The van der Waals surface area contributed by atoms with Crippen LogP contribution in [-0.2, 0) is 9.53 Å². The average Bonchev–Trinajstić information content (AvgIpc) is 2.39. The first kappa shape index (κ1) is 15.0. The molecule has 0 heterocycles. The van der Waals surface area contributed by atoms with Gasteiger partial charge in [0.15, 0.2) is 29.2 Å². The summed E-state index contributed by atoms with van der Waals surface area (Å²) >= 11 is 0. The van der Waals surface area contributed by atoms with Crippen LogP contribution in [0.2, 0.25) is 0 Å². The van der Waals surface area contributed by atoms with Crippen molar-refractivity contribution < 1.29 is 27.1 Å². The van der Waals surface area contributed by atoms with E-state index in [0.29, 0.717) is 0 Å². The van der Waals surface area contributed by atoms with Crippen molar-refractivity contribution >= 4 is 5.97 Å². The summed E-state index contributed by atoms with van der Waals surface area (Å²) in [7, 11) is 0. The molecule has 0 radical (unpaired) electrons. The first-order valence-electron chi connectivity index (χ1n) is 5.25. The Morgan fingerprint density at radius 3 is 2.05 bits per heavy atom. The third kappa shape index (κ3) is 2.52. The van der Waals surface area contributed by atoms with E-state index in [0.717, 1.165) is 6.92 Å². The highest BCUT2D eigenvalue weighted by Crippen LogP contribution is 2.29. The molecular weight excluding hydrogens is 266 g/mol. The van der Waals surface area contributed by atoms with Gasteiger partial charge in [-0.05, 0) is 13.8 Å². The van der Waals surface area contributed by atoms with Crippen molar-refractivity contribution in [3.8, 4) is 6.07 Å². The minimum atomic E-state index is -2.07. The lowest BCUT2D eigenvalue weighted by Crippen LogP contribution is -2.19. The molecule has 0 aliphatic rings. The first-order chi connectivity index (χ1) is 8.86. The van der Waals surface area contributed by atoms with Gasteiger partial charge in [0.2, 0.25) is 0 Å². The molecular formula is C12H9F4NO2. The Bertz CT molecular complexity index is 537. The van der Waals surface area contributed by atoms with Crippen molar-refractivity contribution in [1.82, 2.24) is 0 Å². The molecule has 7 heteroatoms. The largest absolute Gasteiger partial charge is 0.465 e. The molecule has 19 heavy (non-hydrogen) atoms. The van der Waals surface area contributed by atoms with Gasteiger partial charge in [-0.2, -0.15) is 5.26 Å². The molecule has 102 valence electrons. The van der Waals surface area contributed by atoms with Crippen molar-refractivity contribution in [2.24, 2.45) is 0 Å². The maximum atomic E-state index is 13.6. The molecule has 0 N–H and O–H groups in total. The Hall–Kier alpha value is -2.10. The van der Waals surface area contributed by atoms with Crippen molar-refractivity contribution in [2.45, 2.75) is 19.8 Å². The van der Waals surface area contributed by atoms with E-state index in [4.69, 9.17) is 5.26 Å². The van der Waals surface area contributed by atoms with E-state index in [1.165, 1.54) is 13.0 Å². The number of carbonyl (C=O) groups is 1. The maximum absolute atomic E-state index is 13.6. The van der Waals surface area contributed by atoms with Crippen LogP contribution in [0.3, 0.4) is 0 Å². The van der Waals surface area contributed by atoms with Crippen LogP contribution < -0.4 is 0 Å². The van der Waals surface area contributed by atoms with Gasteiger partial charge in [-0.25, -0.2) is 17.6 Å². The minimum Gasteiger partial charge on any atom is -0.465 e. The lowest BCUT2D eigenvalue weighted by atomic mass is 9.97. The second-order valence-electron chi connectivity index (χ2n) is 3.61. The van der Waals surface area contributed by atoms with E-state index in [1.807, 2.05) is 0 Å². The van der Waals surface area contributed by atoms with Gasteiger partial charge < -0.3 is 4.74 Å². The Labute approximate surface area is 106 Å². The van der Waals surface area contributed by atoms with Gasteiger partial charge in [0.05, 0.1) is 18.2 Å². The molecule has 3 nitrogen and oxygen atoms in total. The number of ether oxygens (including phenoxy) is 1. The SMILES string of the molecule is CCOC(=O)C(C#N)c1c(F)c(F)c(C)c(F)c1F. The lowest BCUT2D eigenvalue weighted by molar-refractivity contribution is -0.143. The van der Waals surface area contributed by atoms with Crippen LogP contribution in [0.25, 0.3) is 0 Å². The molecule has 1 aromatic carbocycles. The van der Waals surface area contributed by atoms with E-state index in [2.05, 4.69) is 4.74 Å². The zero-order valence-electron chi connectivity index (χ0n) is 10.1. The van der Waals surface area contributed by atoms with E-state index < -0.39 is 46.3 Å². The second-order valence-corrected chi connectivity index (χ2v) is 3.61. The van der Waals surface area contributed by atoms with Crippen molar-refractivity contribution in [3.05, 3.63) is 34.4 Å². The van der Waals surface area contributed by atoms with Crippen molar-refractivity contribution in [1.29, 1.82) is 5.26 Å². The van der Waals surface area contributed by atoms with Gasteiger partial charge in [0.1, 0.15) is 0 Å². The molecule has 1 rings (SSSR count). The molecule has 0 fully saturated rings. The minimum absolute atomic E-state index is 0.142. The number of nitrogens with zero attached hydrogens (tertiary/aromatic N) is 1. The zero-order valence-corrected chi connectivity index (χ0v) is 10.1. The molecule has 0 saturated carbocycles. The quantitative estimate of drug-likeness (QED) is 0.484. The summed E-state index contributed by atoms with van der Waals surface area (Å²) < 4.78 is 58.3. The van der Waals surface area contributed by atoms with Crippen LogP contribution in [-0.4, -0.2) is 12.6 Å². The smallest absolute Gasteiger partial charge is 0.328 e. The monoisotopic (exact) mass is 275 g/mol. The van der Waals surface area contributed by atoms with Crippen LogP contribution in [0.5, 0.6) is 0 Å². The molecule has 0 aliphatic carbocycles. The highest BCUT2D eigenvalue weighted by Gasteiger charge is 2.33. The molecule has 0 aromatic heterocycles. The topological polar surface area (TPSA) is 50.1 Å². The predicted octanol–water partition coefficient (Wildman–Crippen LogP) is 2.72. The van der Waals surface area contributed by atoms with E-state index in [1.54, 1.807) is 0 Å². The number of esters is 1. The number of benzene rings is 1. The lowest BCUT2D eigenvalue weighted by Gasteiger charge is -2.13. The molecule has 0 saturated heterocycles. The molecule has 1 aromatic rings. The summed E-state index contributed by atoms with van der Waals surface area (Å²) in [5, 5.41) is 8.75. The van der Waals surface area contributed by atoms with E-state index in [9.17, 15) is 22.4 Å². The standard InChI is InChI=1S/C12H9F4NO2/c1-3-19-12(18)6(4-17)7-10(15)8(13)5(2)9(14)11(7)16/h6H,3H2,1-2H3. The van der Waals surface area contributed by atoms with Crippen LogP contribution in [0.4, 0.5) is 17.6 Å². The fourth-order valence-electron chi connectivity index (χ4n) is 1.47.